The zero-order valence-corrected chi connectivity index (χ0v) is 10.6. The van der Waals surface area contributed by atoms with Crippen LogP contribution in [0.3, 0.4) is 0 Å². The van der Waals surface area contributed by atoms with E-state index in [0.717, 1.165) is 0 Å². The van der Waals surface area contributed by atoms with Crippen molar-refractivity contribution in [2.24, 2.45) is 0 Å². The molecule has 0 N–H and O–H groups in total. The molecule has 0 spiro atoms. The summed E-state index contributed by atoms with van der Waals surface area (Å²) in [7, 11) is 0. The number of carbonyl (C=O) groups excluding carboxylic acids is 3. The predicted molar refractivity (Wildman–Crippen MR) is 64.1 cm³/mol. The van der Waals surface area contributed by atoms with Crippen molar-refractivity contribution in [3.8, 4) is 5.75 Å². The van der Waals surface area contributed by atoms with E-state index in [2.05, 4.69) is 4.84 Å². The van der Waals surface area contributed by atoms with Crippen molar-refractivity contribution in [3.63, 3.8) is 0 Å². The first-order valence-corrected chi connectivity index (χ1v) is 5.89. The fourth-order valence-electron chi connectivity index (χ4n) is 1.46. The van der Waals surface area contributed by atoms with Crippen LogP contribution >= 0.6 is 11.6 Å². The van der Waals surface area contributed by atoms with Gasteiger partial charge in [-0.05, 0) is 24.3 Å². The second-order valence-corrected chi connectivity index (χ2v) is 4.22. The Labute approximate surface area is 113 Å². The highest BCUT2D eigenvalue weighted by atomic mass is 35.5. The SMILES string of the molecule is O=C(COc1ccc(Cl)cc1)ON1C(=O)CCC1=O. The molecule has 1 aromatic rings. The highest BCUT2D eigenvalue weighted by molar-refractivity contribution is 6.30. The van der Waals surface area contributed by atoms with Gasteiger partial charge in [-0.1, -0.05) is 11.6 Å². The minimum absolute atomic E-state index is 0.0597. The lowest BCUT2D eigenvalue weighted by Gasteiger charge is -2.12. The zero-order valence-electron chi connectivity index (χ0n) is 9.80. The number of rotatable bonds is 4. The fraction of sp³-hybridized carbons (Fsp3) is 0.250. The lowest BCUT2D eigenvalue weighted by Crippen LogP contribution is -2.33. The van der Waals surface area contributed by atoms with E-state index < -0.39 is 24.4 Å². The predicted octanol–water partition coefficient (Wildman–Crippen LogP) is 1.33. The topological polar surface area (TPSA) is 72.9 Å². The number of hydrogen-bond acceptors (Lipinski definition) is 5. The molecule has 1 saturated heterocycles. The number of ether oxygens (including phenoxy) is 1. The highest BCUT2D eigenvalue weighted by Crippen LogP contribution is 2.16. The largest absolute Gasteiger partial charge is 0.482 e. The van der Waals surface area contributed by atoms with Crippen LogP contribution in [0.1, 0.15) is 12.8 Å². The van der Waals surface area contributed by atoms with Gasteiger partial charge in [-0.3, -0.25) is 9.59 Å². The maximum Gasteiger partial charge on any atom is 0.370 e. The number of carbonyl (C=O) groups is 3. The Hall–Kier alpha value is -2.08. The average molecular weight is 284 g/mol. The third-order valence-corrected chi connectivity index (χ3v) is 2.62. The third kappa shape index (κ3) is 3.45. The lowest BCUT2D eigenvalue weighted by molar-refractivity contribution is -0.198. The molecule has 1 aliphatic rings. The Bertz CT molecular complexity index is 497. The van der Waals surface area contributed by atoms with E-state index in [0.29, 0.717) is 15.8 Å². The maximum atomic E-state index is 11.4. The summed E-state index contributed by atoms with van der Waals surface area (Å²) in [5, 5.41) is 1.02. The molecule has 0 bridgehead atoms. The Morgan fingerprint density at radius 1 is 1.16 bits per heavy atom. The minimum Gasteiger partial charge on any atom is -0.482 e. The summed E-state index contributed by atoms with van der Waals surface area (Å²) in [6.45, 7) is -0.404. The highest BCUT2D eigenvalue weighted by Gasteiger charge is 2.32. The molecule has 1 aromatic carbocycles. The van der Waals surface area contributed by atoms with Crippen LogP contribution in [-0.2, 0) is 19.2 Å². The van der Waals surface area contributed by atoms with Gasteiger partial charge in [-0.15, -0.1) is 5.06 Å². The van der Waals surface area contributed by atoms with Crippen LogP contribution in [0.4, 0.5) is 0 Å². The van der Waals surface area contributed by atoms with E-state index in [-0.39, 0.29) is 12.8 Å². The minimum atomic E-state index is -0.821. The van der Waals surface area contributed by atoms with Crippen molar-refractivity contribution in [2.45, 2.75) is 12.8 Å². The normalized spacial score (nSPS) is 14.7. The number of imide groups is 1. The number of benzene rings is 1. The van der Waals surface area contributed by atoms with E-state index in [1.165, 1.54) is 0 Å². The Morgan fingerprint density at radius 2 is 1.74 bits per heavy atom. The molecule has 7 heteroatoms. The van der Waals surface area contributed by atoms with E-state index in [4.69, 9.17) is 16.3 Å². The smallest absolute Gasteiger partial charge is 0.370 e. The van der Waals surface area contributed by atoms with Gasteiger partial charge in [0.05, 0.1) is 0 Å². The number of nitrogens with zero attached hydrogens (tertiary/aromatic N) is 1. The zero-order chi connectivity index (χ0) is 13.8. The summed E-state index contributed by atoms with van der Waals surface area (Å²) >= 11 is 5.69. The van der Waals surface area contributed by atoms with Gasteiger partial charge in [0.1, 0.15) is 5.75 Å². The summed E-state index contributed by atoms with van der Waals surface area (Å²) in [5.74, 6) is -1.44. The third-order valence-electron chi connectivity index (χ3n) is 2.37. The van der Waals surface area contributed by atoms with Crippen LogP contribution in [-0.4, -0.2) is 29.5 Å². The van der Waals surface area contributed by atoms with E-state index in [1.807, 2.05) is 0 Å². The Morgan fingerprint density at radius 3 is 2.32 bits per heavy atom. The number of halogens is 1. The standard InChI is InChI=1S/C12H10ClNO5/c13-8-1-3-9(4-2-8)18-7-12(17)19-14-10(15)5-6-11(14)16/h1-4H,5-7H2. The number of hydrogen-bond donors (Lipinski definition) is 0. The van der Waals surface area contributed by atoms with Crippen molar-refractivity contribution in [3.05, 3.63) is 29.3 Å². The van der Waals surface area contributed by atoms with E-state index >= 15 is 0 Å². The molecule has 0 atom stereocenters. The Balaban J connectivity index is 1.83. The van der Waals surface area contributed by atoms with Gasteiger partial charge >= 0.3 is 5.97 Å². The van der Waals surface area contributed by atoms with Crippen LogP contribution in [0, 0.1) is 0 Å². The summed E-state index contributed by atoms with van der Waals surface area (Å²) in [6, 6.07) is 6.38. The summed E-state index contributed by atoms with van der Waals surface area (Å²) < 4.78 is 5.12. The molecule has 0 unspecified atom stereocenters. The average Bonchev–Trinajstić information content (AvgIpc) is 2.70. The van der Waals surface area contributed by atoms with Crippen LogP contribution in [0.25, 0.3) is 0 Å². The molecule has 19 heavy (non-hydrogen) atoms. The molecule has 2 amide bonds. The summed E-state index contributed by atoms with van der Waals surface area (Å²) in [5.41, 5.74) is 0. The van der Waals surface area contributed by atoms with Crippen LogP contribution < -0.4 is 4.74 Å². The van der Waals surface area contributed by atoms with Crippen molar-refractivity contribution in [1.29, 1.82) is 0 Å². The molecule has 2 rings (SSSR count). The van der Waals surface area contributed by atoms with Crippen LogP contribution in [0.5, 0.6) is 5.75 Å². The first kappa shape index (κ1) is 13.4. The van der Waals surface area contributed by atoms with Gasteiger partial charge in [-0.25, -0.2) is 4.79 Å². The van der Waals surface area contributed by atoms with Gasteiger partial charge in [0, 0.05) is 17.9 Å². The van der Waals surface area contributed by atoms with Crippen LogP contribution in [0.15, 0.2) is 24.3 Å². The molecular formula is C12H10ClNO5. The summed E-state index contributed by atoms with van der Waals surface area (Å²) in [4.78, 5) is 38.4. The molecule has 0 radical (unpaired) electrons. The summed E-state index contributed by atoms with van der Waals surface area (Å²) in [6.07, 6.45) is 0.119. The monoisotopic (exact) mass is 283 g/mol. The molecule has 1 heterocycles. The first-order chi connectivity index (χ1) is 9.06. The fourth-order valence-corrected chi connectivity index (χ4v) is 1.59. The van der Waals surface area contributed by atoms with Gasteiger partial charge < -0.3 is 9.57 Å². The van der Waals surface area contributed by atoms with E-state index in [9.17, 15) is 14.4 Å². The maximum absolute atomic E-state index is 11.4. The first-order valence-electron chi connectivity index (χ1n) is 5.51. The molecule has 6 nitrogen and oxygen atoms in total. The van der Waals surface area contributed by atoms with E-state index in [1.54, 1.807) is 24.3 Å². The molecular weight excluding hydrogens is 274 g/mol. The second kappa shape index (κ2) is 5.71. The number of hydroxylamine groups is 2. The lowest BCUT2D eigenvalue weighted by atomic mass is 10.3. The van der Waals surface area contributed by atoms with Gasteiger partial charge in [0.2, 0.25) is 0 Å². The van der Waals surface area contributed by atoms with Crippen molar-refractivity contribution in [1.82, 2.24) is 5.06 Å². The second-order valence-electron chi connectivity index (χ2n) is 3.79. The van der Waals surface area contributed by atoms with Crippen LogP contribution in [0.2, 0.25) is 5.02 Å². The quantitative estimate of drug-likeness (QED) is 0.779. The Kier molecular flexibility index (Phi) is 4.01. The molecule has 0 aromatic heterocycles. The molecule has 1 aliphatic heterocycles. The molecule has 0 saturated carbocycles. The molecule has 0 aliphatic carbocycles. The van der Waals surface area contributed by atoms with Gasteiger partial charge in [0.25, 0.3) is 11.8 Å². The molecule has 1 fully saturated rings. The van der Waals surface area contributed by atoms with Crippen molar-refractivity contribution in [2.75, 3.05) is 6.61 Å². The van der Waals surface area contributed by atoms with Gasteiger partial charge in [0.15, 0.2) is 6.61 Å². The van der Waals surface area contributed by atoms with Crippen molar-refractivity contribution >= 4 is 29.4 Å². The van der Waals surface area contributed by atoms with Gasteiger partial charge in [-0.2, -0.15) is 0 Å². The van der Waals surface area contributed by atoms with Crippen molar-refractivity contribution < 1.29 is 24.0 Å². The molecule has 100 valence electrons. The number of amides is 2.